The molecular formula is C9H17N3O. The van der Waals surface area contributed by atoms with Crippen molar-refractivity contribution in [2.75, 3.05) is 0 Å². The van der Waals surface area contributed by atoms with Crippen molar-refractivity contribution in [3.05, 3.63) is 0 Å². The molecule has 1 saturated carbocycles. The predicted octanol–water partition coefficient (Wildman–Crippen LogP) is 0.0411. The zero-order valence-electron chi connectivity index (χ0n) is 7.81. The van der Waals surface area contributed by atoms with E-state index in [1.807, 2.05) is 0 Å². The summed E-state index contributed by atoms with van der Waals surface area (Å²) in [4.78, 5) is 10.7. The highest BCUT2D eigenvalue weighted by Crippen LogP contribution is 2.36. The van der Waals surface area contributed by atoms with Gasteiger partial charge in [-0.15, -0.1) is 0 Å². The molecule has 0 aromatic heterocycles. The first-order valence-electron chi connectivity index (χ1n) is 5.01. The van der Waals surface area contributed by atoms with Crippen molar-refractivity contribution in [3.8, 4) is 0 Å². The second kappa shape index (κ2) is 3.27. The van der Waals surface area contributed by atoms with Crippen LogP contribution >= 0.6 is 0 Å². The molecule has 1 spiro atoms. The molecule has 2 fully saturated rings. The van der Waals surface area contributed by atoms with Crippen molar-refractivity contribution in [3.63, 3.8) is 0 Å². The number of primary amides is 1. The first kappa shape index (κ1) is 8.97. The molecule has 4 heteroatoms. The monoisotopic (exact) mass is 183 g/mol. The molecule has 74 valence electrons. The van der Waals surface area contributed by atoms with Crippen LogP contribution in [0.3, 0.4) is 0 Å². The second-order valence-electron chi connectivity index (χ2n) is 4.33. The van der Waals surface area contributed by atoms with Crippen LogP contribution in [0.25, 0.3) is 0 Å². The summed E-state index contributed by atoms with van der Waals surface area (Å²) in [5, 5.41) is 0. The van der Waals surface area contributed by atoms with Gasteiger partial charge >= 0.3 is 0 Å². The van der Waals surface area contributed by atoms with Gasteiger partial charge in [0, 0.05) is 18.0 Å². The van der Waals surface area contributed by atoms with Crippen molar-refractivity contribution in [1.82, 2.24) is 10.9 Å². The van der Waals surface area contributed by atoms with Gasteiger partial charge in [0.15, 0.2) is 0 Å². The average Bonchev–Trinajstić information content (AvgIpc) is 2.63. The van der Waals surface area contributed by atoms with E-state index in [-0.39, 0.29) is 17.5 Å². The normalized spacial score (nSPS) is 31.2. The summed E-state index contributed by atoms with van der Waals surface area (Å²) in [6, 6.07) is 0.246. The molecule has 1 amide bonds. The fraction of sp³-hybridized carbons (Fsp3) is 0.889. The molecule has 0 bridgehead atoms. The lowest BCUT2D eigenvalue weighted by atomic mass is 9.91. The van der Waals surface area contributed by atoms with E-state index in [2.05, 4.69) is 10.9 Å². The summed E-state index contributed by atoms with van der Waals surface area (Å²) in [6.45, 7) is 0. The zero-order valence-corrected chi connectivity index (χ0v) is 7.81. The fourth-order valence-corrected chi connectivity index (χ4v) is 2.58. The summed E-state index contributed by atoms with van der Waals surface area (Å²) >= 11 is 0. The highest BCUT2D eigenvalue weighted by molar-refractivity contribution is 5.74. The molecule has 1 atom stereocenters. The molecular weight excluding hydrogens is 166 g/mol. The van der Waals surface area contributed by atoms with Crippen molar-refractivity contribution in [2.24, 2.45) is 5.73 Å². The third-order valence-electron chi connectivity index (χ3n) is 3.19. The van der Waals surface area contributed by atoms with E-state index in [0.29, 0.717) is 6.42 Å². The van der Waals surface area contributed by atoms with Gasteiger partial charge in [0.05, 0.1) is 0 Å². The Morgan fingerprint density at radius 3 is 2.77 bits per heavy atom. The van der Waals surface area contributed by atoms with Crippen LogP contribution in [0.5, 0.6) is 0 Å². The van der Waals surface area contributed by atoms with Gasteiger partial charge in [0.1, 0.15) is 0 Å². The van der Waals surface area contributed by atoms with Gasteiger partial charge in [-0.2, -0.15) is 0 Å². The van der Waals surface area contributed by atoms with Crippen molar-refractivity contribution in [1.29, 1.82) is 0 Å². The van der Waals surface area contributed by atoms with Crippen LogP contribution < -0.4 is 16.6 Å². The van der Waals surface area contributed by atoms with Crippen LogP contribution in [0.1, 0.15) is 38.5 Å². The standard InChI is InChI=1S/C9H17N3O/c10-8(13)5-7-6-9(12-11-7)3-1-2-4-9/h7,11-12H,1-6H2,(H2,10,13). The van der Waals surface area contributed by atoms with Crippen LogP contribution in [0.2, 0.25) is 0 Å². The molecule has 1 aliphatic heterocycles. The summed E-state index contributed by atoms with van der Waals surface area (Å²) < 4.78 is 0. The summed E-state index contributed by atoms with van der Waals surface area (Å²) in [5.74, 6) is -0.214. The van der Waals surface area contributed by atoms with Crippen LogP contribution in [0.15, 0.2) is 0 Å². The molecule has 0 aromatic carbocycles. The number of hydrazine groups is 1. The molecule has 1 heterocycles. The lowest BCUT2D eigenvalue weighted by molar-refractivity contribution is -0.118. The SMILES string of the molecule is NC(=O)CC1CC2(CCCC2)NN1. The molecule has 1 aliphatic carbocycles. The number of rotatable bonds is 2. The van der Waals surface area contributed by atoms with E-state index < -0.39 is 0 Å². The van der Waals surface area contributed by atoms with E-state index in [1.54, 1.807) is 0 Å². The Balaban J connectivity index is 1.89. The molecule has 2 aliphatic rings. The lowest BCUT2D eigenvalue weighted by Gasteiger charge is -2.21. The highest BCUT2D eigenvalue weighted by Gasteiger charge is 2.40. The van der Waals surface area contributed by atoms with Crippen LogP contribution in [0, 0.1) is 0 Å². The quantitative estimate of drug-likeness (QED) is 0.566. The summed E-state index contributed by atoms with van der Waals surface area (Å²) in [5.41, 5.74) is 11.9. The van der Waals surface area contributed by atoms with Gasteiger partial charge in [0.25, 0.3) is 0 Å². The Morgan fingerprint density at radius 1 is 1.46 bits per heavy atom. The number of carbonyl (C=O) groups is 1. The minimum atomic E-state index is -0.214. The molecule has 1 unspecified atom stereocenters. The lowest BCUT2D eigenvalue weighted by Crippen LogP contribution is -2.42. The van der Waals surface area contributed by atoms with Crippen LogP contribution in [-0.4, -0.2) is 17.5 Å². The second-order valence-corrected chi connectivity index (χ2v) is 4.33. The van der Waals surface area contributed by atoms with Gasteiger partial charge in [-0.05, 0) is 19.3 Å². The Bertz CT molecular complexity index is 211. The van der Waals surface area contributed by atoms with Gasteiger partial charge in [0.2, 0.25) is 5.91 Å². The van der Waals surface area contributed by atoms with Gasteiger partial charge in [-0.3, -0.25) is 15.6 Å². The van der Waals surface area contributed by atoms with Crippen LogP contribution in [-0.2, 0) is 4.79 Å². The minimum absolute atomic E-state index is 0.214. The Morgan fingerprint density at radius 2 is 2.15 bits per heavy atom. The van der Waals surface area contributed by atoms with E-state index >= 15 is 0 Å². The van der Waals surface area contributed by atoms with Gasteiger partial charge in [-0.1, -0.05) is 12.8 Å². The van der Waals surface area contributed by atoms with E-state index in [9.17, 15) is 4.79 Å². The smallest absolute Gasteiger partial charge is 0.219 e. The van der Waals surface area contributed by atoms with Gasteiger partial charge in [-0.25, -0.2) is 0 Å². The molecule has 13 heavy (non-hydrogen) atoms. The number of nitrogens with one attached hydrogen (secondary N) is 2. The molecule has 4 nitrogen and oxygen atoms in total. The van der Waals surface area contributed by atoms with Crippen molar-refractivity contribution >= 4 is 5.91 Å². The van der Waals surface area contributed by atoms with E-state index in [1.165, 1.54) is 25.7 Å². The average molecular weight is 183 g/mol. The topological polar surface area (TPSA) is 67.2 Å². The summed E-state index contributed by atoms with van der Waals surface area (Å²) in [7, 11) is 0. The third-order valence-corrected chi connectivity index (χ3v) is 3.19. The van der Waals surface area contributed by atoms with Crippen molar-refractivity contribution in [2.45, 2.75) is 50.1 Å². The first-order chi connectivity index (χ1) is 6.20. The number of carbonyl (C=O) groups excluding carboxylic acids is 1. The predicted molar refractivity (Wildman–Crippen MR) is 49.7 cm³/mol. The Labute approximate surface area is 78.2 Å². The maximum absolute atomic E-state index is 10.7. The Hall–Kier alpha value is -0.610. The number of amides is 1. The number of hydrogen-bond acceptors (Lipinski definition) is 3. The number of nitrogens with two attached hydrogens (primary N) is 1. The van der Waals surface area contributed by atoms with Gasteiger partial charge < -0.3 is 5.73 Å². The maximum Gasteiger partial charge on any atom is 0.219 e. The molecule has 0 aromatic rings. The summed E-state index contributed by atoms with van der Waals surface area (Å²) in [6.07, 6.45) is 6.57. The maximum atomic E-state index is 10.7. The van der Waals surface area contributed by atoms with Crippen molar-refractivity contribution < 1.29 is 4.79 Å². The fourth-order valence-electron chi connectivity index (χ4n) is 2.58. The van der Waals surface area contributed by atoms with E-state index in [0.717, 1.165) is 6.42 Å². The zero-order chi connectivity index (χ0) is 9.31. The van der Waals surface area contributed by atoms with Crippen LogP contribution in [0.4, 0.5) is 0 Å². The highest BCUT2D eigenvalue weighted by atomic mass is 16.1. The molecule has 4 N–H and O–H groups in total. The Kier molecular flexibility index (Phi) is 2.26. The molecule has 1 saturated heterocycles. The van der Waals surface area contributed by atoms with E-state index in [4.69, 9.17) is 5.73 Å². The molecule has 0 radical (unpaired) electrons. The largest absolute Gasteiger partial charge is 0.370 e. The first-order valence-corrected chi connectivity index (χ1v) is 5.01. The number of hydrogen-bond donors (Lipinski definition) is 3. The molecule has 2 rings (SSSR count). The minimum Gasteiger partial charge on any atom is -0.370 e. The third kappa shape index (κ3) is 1.84.